The summed E-state index contributed by atoms with van der Waals surface area (Å²) in [6.07, 6.45) is 0. The van der Waals surface area contributed by atoms with Gasteiger partial charge in [-0.05, 0) is 42.6 Å². The van der Waals surface area contributed by atoms with E-state index in [9.17, 15) is 0 Å². The van der Waals surface area contributed by atoms with E-state index in [1.54, 1.807) is 0 Å². The van der Waals surface area contributed by atoms with E-state index in [1.807, 2.05) is 7.05 Å². The molecule has 0 spiro atoms. The second-order valence-electron chi connectivity index (χ2n) is 6.14. The molecule has 0 unspecified atom stereocenters. The Bertz CT molecular complexity index is 571. The molecule has 1 N–H and O–H groups in total. The summed E-state index contributed by atoms with van der Waals surface area (Å²) in [7, 11) is 4.15. The van der Waals surface area contributed by atoms with Crippen molar-refractivity contribution in [1.29, 1.82) is 0 Å². The van der Waals surface area contributed by atoms with E-state index in [0.29, 0.717) is 0 Å². The summed E-state index contributed by atoms with van der Waals surface area (Å²) in [6.45, 7) is 9.94. The van der Waals surface area contributed by atoms with Gasteiger partial charge in [0.2, 0.25) is 0 Å². The molecule has 2 heteroatoms. The fourth-order valence-electron chi connectivity index (χ4n) is 2.57. The SMILES string of the molecule is CNCc1c(C)c2cc(C(C)(C)C)ccc2n1C. The molecule has 1 heterocycles. The summed E-state index contributed by atoms with van der Waals surface area (Å²) in [5, 5.41) is 4.64. The van der Waals surface area contributed by atoms with Crippen molar-refractivity contribution in [3.8, 4) is 0 Å². The number of benzene rings is 1. The highest BCUT2D eigenvalue weighted by atomic mass is 15.0. The number of hydrogen-bond donors (Lipinski definition) is 1. The van der Waals surface area contributed by atoms with Crippen molar-refractivity contribution in [2.45, 2.75) is 39.7 Å². The summed E-state index contributed by atoms with van der Waals surface area (Å²) < 4.78 is 2.30. The molecule has 1 aromatic carbocycles. The number of nitrogens with one attached hydrogen (secondary N) is 1. The van der Waals surface area contributed by atoms with Crippen LogP contribution >= 0.6 is 0 Å². The number of nitrogens with zero attached hydrogens (tertiary/aromatic N) is 1. The Hall–Kier alpha value is -1.28. The number of fused-ring (bicyclic) bond motifs is 1. The molecular weight excluding hydrogens is 220 g/mol. The Kier molecular flexibility index (Phi) is 3.24. The standard InChI is InChI=1S/C16H24N2/c1-11-13-9-12(16(2,3)4)7-8-14(13)18(6)15(11)10-17-5/h7-9,17H,10H2,1-6H3. The lowest BCUT2D eigenvalue weighted by Gasteiger charge is -2.19. The van der Waals surface area contributed by atoms with E-state index in [4.69, 9.17) is 0 Å². The maximum absolute atomic E-state index is 3.25. The van der Waals surface area contributed by atoms with Crippen LogP contribution in [-0.2, 0) is 19.0 Å². The molecule has 0 amide bonds. The summed E-state index contributed by atoms with van der Waals surface area (Å²) in [4.78, 5) is 0. The Morgan fingerprint density at radius 1 is 1.22 bits per heavy atom. The number of aromatic nitrogens is 1. The van der Waals surface area contributed by atoms with Crippen LogP contribution < -0.4 is 5.32 Å². The molecule has 1 aromatic heterocycles. The third-order valence-electron chi connectivity index (χ3n) is 3.81. The average molecular weight is 244 g/mol. The van der Waals surface area contributed by atoms with Crippen LogP contribution in [0.4, 0.5) is 0 Å². The van der Waals surface area contributed by atoms with Gasteiger partial charge >= 0.3 is 0 Å². The zero-order valence-corrected chi connectivity index (χ0v) is 12.4. The maximum Gasteiger partial charge on any atom is 0.0483 e. The lowest BCUT2D eigenvalue weighted by molar-refractivity contribution is 0.591. The minimum Gasteiger partial charge on any atom is -0.346 e. The van der Waals surface area contributed by atoms with Gasteiger partial charge in [-0.3, -0.25) is 0 Å². The molecular formula is C16H24N2. The van der Waals surface area contributed by atoms with E-state index in [2.05, 4.69) is 62.8 Å². The monoisotopic (exact) mass is 244 g/mol. The van der Waals surface area contributed by atoms with Gasteiger partial charge in [-0.2, -0.15) is 0 Å². The van der Waals surface area contributed by atoms with Gasteiger partial charge in [-0.1, -0.05) is 26.8 Å². The number of hydrogen-bond acceptors (Lipinski definition) is 1. The van der Waals surface area contributed by atoms with Crippen LogP contribution in [-0.4, -0.2) is 11.6 Å². The van der Waals surface area contributed by atoms with Crippen molar-refractivity contribution in [3.63, 3.8) is 0 Å². The fourth-order valence-corrected chi connectivity index (χ4v) is 2.57. The summed E-state index contributed by atoms with van der Waals surface area (Å²) in [6, 6.07) is 6.86. The second kappa shape index (κ2) is 4.43. The molecule has 0 saturated heterocycles. The van der Waals surface area contributed by atoms with Crippen molar-refractivity contribution < 1.29 is 0 Å². The highest BCUT2D eigenvalue weighted by molar-refractivity contribution is 5.86. The second-order valence-corrected chi connectivity index (χ2v) is 6.14. The van der Waals surface area contributed by atoms with Gasteiger partial charge in [0.15, 0.2) is 0 Å². The molecule has 0 saturated carbocycles. The first-order valence-corrected chi connectivity index (χ1v) is 6.59. The Morgan fingerprint density at radius 3 is 2.44 bits per heavy atom. The molecule has 2 nitrogen and oxygen atoms in total. The van der Waals surface area contributed by atoms with E-state index in [-0.39, 0.29) is 5.41 Å². The van der Waals surface area contributed by atoms with E-state index >= 15 is 0 Å². The molecule has 0 aliphatic rings. The molecule has 2 rings (SSSR count). The van der Waals surface area contributed by atoms with E-state index in [1.165, 1.54) is 27.7 Å². The molecule has 0 aliphatic carbocycles. The van der Waals surface area contributed by atoms with Gasteiger partial charge < -0.3 is 9.88 Å². The normalized spacial score (nSPS) is 12.3. The van der Waals surface area contributed by atoms with Crippen molar-refractivity contribution in [3.05, 3.63) is 35.0 Å². The third-order valence-corrected chi connectivity index (χ3v) is 3.81. The Balaban J connectivity index is 2.67. The van der Waals surface area contributed by atoms with Crippen LogP contribution in [0.1, 0.15) is 37.6 Å². The van der Waals surface area contributed by atoms with Crippen LogP contribution in [0.5, 0.6) is 0 Å². The smallest absolute Gasteiger partial charge is 0.0483 e. The van der Waals surface area contributed by atoms with E-state index < -0.39 is 0 Å². The summed E-state index contributed by atoms with van der Waals surface area (Å²) in [5.74, 6) is 0. The largest absolute Gasteiger partial charge is 0.346 e. The molecule has 0 fully saturated rings. The van der Waals surface area contributed by atoms with Crippen molar-refractivity contribution in [2.24, 2.45) is 7.05 Å². The minimum absolute atomic E-state index is 0.208. The molecule has 2 aromatic rings. The van der Waals surface area contributed by atoms with Crippen molar-refractivity contribution in [2.75, 3.05) is 7.05 Å². The van der Waals surface area contributed by atoms with Gasteiger partial charge in [0, 0.05) is 30.2 Å². The first-order chi connectivity index (χ1) is 8.36. The minimum atomic E-state index is 0.208. The lowest BCUT2D eigenvalue weighted by atomic mass is 9.86. The van der Waals surface area contributed by atoms with Crippen LogP contribution in [0.3, 0.4) is 0 Å². The maximum atomic E-state index is 3.25. The first kappa shape index (κ1) is 13.2. The topological polar surface area (TPSA) is 17.0 Å². The van der Waals surface area contributed by atoms with Gasteiger partial charge in [0.1, 0.15) is 0 Å². The zero-order valence-electron chi connectivity index (χ0n) is 12.4. The quantitative estimate of drug-likeness (QED) is 0.855. The molecule has 0 radical (unpaired) electrons. The molecule has 18 heavy (non-hydrogen) atoms. The molecule has 98 valence electrons. The van der Waals surface area contributed by atoms with Gasteiger partial charge in [-0.25, -0.2) is 0 Å². The lowest BCUT2D eigenvalue weighted by Crippen LogP contribution is -2.10. The highest BCUT2D eigenvalue weighted by Gasteiger charge is 2.17. The van der Waals surface area contributed by atoms with Crippen LogP contribution in [0.25, 0.3) is 10.9 Å². The predicted octanol–water partition coefficient (Wildman–Crippen LogP) is 3.50. The van der Waals surface area contributed by atoms with Gasteiger partial charge in [0.05, 0.1) is 0 Å². The van der Waals surface area contributed by atoms with Crippen LogP contribution in [0.2, 0.25) is 0 Å². The van der Waals surface area contributed by atoms with Gasteiger partial charge in [-0.15, -0.1) is 0 Å². The van der Waals surface area contributed by atoms with Crippen molar-refractivity contribution in [1.82, 2.24) is 9.88 Å². The first-order valence-electron chi connectivity index (χ1n) is 6.59. The van der Waals surface area contributed by atoms with E-state index in [0.717, 1.165) is 6.54 Å². The molecule has 0 bridgehead atoms. The highest BCUT2D eigenvalue weighted by Crippen LogP contribution is 2.30. The summed E-state index contributed by atoms with van der Waals surface area (Å²) >= 11 is 0. The van der Waals surface area contributed by atoms with Gasteiger partial charge in [0.25, 0.3) is 0 Å². The average Bonchev–Trinajstić information content (AvgIpc) is 2.53. The number of rotatable bonds is 2. The van der Waals surface area contributed by atoms with Crippen LogP contribution in [0.15, 0.2) is 18.2 Å². The summed E-state index contributed by atoms with van der Waals surface area (Å²) in [5.41, 5.74) is 5.71. The third kappa shape index (κ3) is 2.05. The fraction of sp³-hybridized carbons (Fsp3) is 0.500. The Morgan fingerprint density at radius 2 is 1.89 bits per heavy atom. The van der Waals surface area contributed by atoms with Crippen molar-refractivity contribution >= 4 is 10.9 Å². The number of aryl methyl sites for hydroxylation is 2. The molecule has 0 atom stereocenters. The Labute approximate surface area is 110 Å². The molecule has 0 aliphatic heterocycles. The van der Waals surface area contributed by atoms with Crippen LogP contribution in [0, 0.1) is 6.92 Å². The predicted molar refractivity (Wildman–Crippen MR) is 79.1 cm³/mol. The zero-order chi connectivity index (χ0) is 13.5.